The number of nitrogens with zero attached hydrogens (tertiary/aromatic N) is 2. The molecule has 2 N–H and O–H groups in total. The lowest BCUT2D eigenvalue weighted by atomic mass is 9.99. The molecule has 4 aromatic rings. The zero-order valence-electron chi connectivity index (χ0n) is 18.1. The van der Waals surface area contributed by atoms with Crippen molar-refractivity contribution in [2.45, 2.75) is 25.4 Å². The highest BCUT2D eigenvalue weighted by Gasteiger charge is 2.41. The van der Waals surface area contributed by atoms with Crippen LogP contribution in [0.5, 0.6) is 0 Å². The third-order valence-electron chi connectivity index (χ3n) is 6.26. The molecular formula is C27H22N4O2. The number of aromatic nitrogens is 1. The van der Waals surface area contributed by atoms with Gasteiger partial charge in [0.25, 0.3) is 5.91 Å². The van der Waals surface area contributed by atoms with Crippen LogP contribution in [0.3, 0.4) is 0 Å². The first-order valence-electron chi connectivity index (χ1n) is 10.8. The number of hydrogen-bond donors (Lipinski definition) is 2. The molecule has 1 fully saturated rings. The van der Waals surface area contributed by atoms with Gasteiger partial charge in [0.2, 0.25) is 0 Å². The molecule has 1 saturated heterocycles. The third kappa shape index (κ3) is 3.74. The van der Waals surface area contributed by atoms with E-state index in [4.69, 9.17) is 5.26 Å². The summed E-state index contributed by atoms with van der Waals surface area (Å²) in [7, 11) is 0. The van der Waals surface area contributed by atoms with Crippen LogP contribution in [0, 0.1) is 11.3 Å². The average molecular weight is 434 g/mol. The standard InChI is InChI=1S/C27H22N4O2/c1-17(19-9-11-20(12-10-19)21-6-4-5-18(13-21)15-28)31-26(32)25(30-27(31)33)14-22-16-29-24-8-3-2-7-23(22)24/h2-13,16-17,25,29H,14H2,1H3,(H,30,33)/t17?,25-/m1/s1. The van der Waals surface area contributed by atoms with E-state index in [0.29, 0.717) is 12.0 Å². The van der Waals surface area contributed by atoms with Crippen molar-refractivity contribution in [3.63, 3.8) is 0 Å². The molecule has 1 aromatic heterocycles. The molecule has 0 aliphatic carbocycles. The van der Waals surface area contributed by atoms with Crippen LogP contribution in [-0.4, -0.2) is 27.9 Å². The predicted molar refractivity (Wildman–Crippen MR) is 126 cm³/mol. The van der Waals surface area contributed by atoms with Crippen LogP contribution in [-0.2, 0) is 11.2 Å². The molecule has 3 aromatic carbocycles. The number of aromatic amines is 1. The Bertz CT molecular complexity index is 1400. The second-order valence-electron chi connectivity index (χ2n) is 8.26. The first-order chi connectivity index (χ1) is 16.0. The van der Waals surface area contributed by atoms with Gasteiger partial charge < -0.3 is 10.3 Å². The van der Waals surface area contributed by atoms with E-state index in [2.05, 4.69) is 16.4 Å². The molecule has 0 saturated carbocycles. The zero-order chi connectivity index (χ0) is 22.9. The van der Waals surface area contributed by atoms with Crippen LogP contribution in [0.2, 0.25) is 0 Å². The Labute approximate surface area is 191 Å². The van der Waals surface area contributed by atoms with Crippen LogP contribution in [0.25, 0.3) is 22.0 Å². The normalized spacial score (nSPS) is 16.6. The number of rotatable bonds is 5. The van der Waals surface area contributed by atoms with Gasteiger partial charge in [-0.2, -0.15) is 5.26 Å². The molecule has 6 heteroatoms. The lowest BCUT2D eigenvalue weighted by Crippen LogP contribution is -2.34. The van der Waals surface area contributed by atoms with Crippen molar-refractivity contribution in [1.82, 2.24) is 15.2 Å². The van der Waals surface area contributed by atoms with Crippen LogP contribution < -0.4 is 5.32 Å². The van der Waals surface area contributed by atoms with E-state index < -0.39 is 12.1 Å². The van der Waals surface area contributed by atoms with Crippen LogP contribution in [0.1, 0.15) is 29.7 Å². The van der Waals surface area contributed by atoms with E-state index in [1.165, 1.54) is 4.90 Å². The van der Waals surface area contributed by atoms with Gasteiger partial charge in [0.1, 0.15) is 6.04 Å². The number of nitriles is 1. The van der Waals surface area contributed by atoms with Crippen molar-refractivity contribution in [2.75, 3.05) is 0 Å². The van der Waals surface area contributed by atoms with Gasteiger partial charge >= 0.3 is 6.03 Å². The maximum absolute atomic E-state index is 13.2. The van der Waals surface area contributed by atoms with Gasteiger partial charge in [0.15, 0.2) is 0 Å². The number of para-hydroxylation sites is 1. The molecular weight excluding hydrogens is 412 g/mol. The Morgan fingerprint density at radius 2 is 1.79 bits per heavy atom. The fourth-order valence-corrected chi connectivity index (χ4v) is 4.45. The van der Waals surface area contributed by atoms with E-state index in [0.717, 1.165) is 33.2 Å². The molecule has 6 nitrogen and oxygen atoms in total. The van der Waals surface area contributed by atoms with Gasteiger partial charge in [-0.15, -0.1) is 0 Å². The number of H-pyrrole nitrogens is 1. The highest BCUT2D eigenvalue weighted by molar-refractivity contribution is 6.05. The van der Waals surface area contributed by atoms with Crippen molar-refractivity contribution in [1.29, 1.82) is 5.26 Å². The molecule has 33 heavy (non-hydrogen) atoms. The maximum Gasteiger partial charge on any atom is 0.325 e. The Hall–Kier alpha value is -4.37. The topological polar surface area (TPSA) is 89.0 Å². The number of urea groups is 1. The highest BCUT2D eigenvalue weighted by Crippen LogP contribution is 2.29. The molecule has 3 amide bonds. The summed E-state index contributed by atoms with van der Waals surface area (Å²) >= 11 is 0. The zero-order valence-corrected chi connectivity index (χ0v) is 18.1. The van der Waals surface area contributed by atoms with Crippen molar-refractivity contribution < 1.29 is 9.59 Å². The van der Waals surface area contributed by atoms with Crippen molar-refractivity contribution in [3.8, 4) is 17.2 Å². The first-order valence-corrected chi connectivity index (χ1v) is 10.8. The summed E-state index contributed by atoms with van der Waals surface area (Å²) in [4.78, 5) is 30.4. The minimum absolute atomic E-state index is 0.219. The minimum atomic E-state index is -0.591. The summed E-state index contributed by atoms with van der Waals surface area (Å²) in [5.41, 5.74) is 5.40. The van der Waals surface area contributed by atoms with E-state index in [1.54, 1.807) is 6.07 Å². The largest absolute Gasteiger partial charge is 0.361 e. The Morgan fingerprint density at radius 3 is 2.58 bits per heavy atom. The molecule has 2 heterocycles. The van der Waals surface area contributed by atoms with Crippen LogP contribution in [0.4, 0.5) is 4.79 Å². The molecule has 0 spiro atoms. The lowest BCUT2D eigenvalue weighted by Gasteiger charge is -2.22. The van der Waals surface area contributed by atoms with Crippen molar-refractivity contribution in [2.24, 2.45) is 0 Å². The van der Waals surface area contributed by atoms with Gasteiger partial charge in [-0.25, -0.2) is 4.79 Å². The van der Waals surface area contributed by atoms with Gasteiger partial charge in [0, 0.05) is 23.5 Å². The fraction of sp³-hybridized carbons (Fsp3) is 0.148. The maximum atomic E-state index is 13.2. The van der Waals surface area contributed by atoms with Crippen molar-refractivity contribution >= 4 is 22.8 Å². The second-order valence-corrected chi connectivity index (χ2v) is 8.26. The van der Waals surface area contributed by atoms with Crippen LogP contribution >= 0.6 is 0 Å². The molecule has 1 aliphatic heterocycles. The Morgan fingerprint density at radius 1 is 1.00 bits per heavy atom. The second kappa shape index (κ2) is 8.29. The van der Waals surface area contributed by atoms with Gasteiger partial charge in [-0.1, -0.05) is 54.6 Å². The van der Waals surface area contributed by atoms with Gasteiger partial charge in [-0.05, 0) is 47.4 Å². The first kappa shape index (κ1) is 20.5. The Balaban J connectivity index is 1.34. The summed E-state index contributed by atoms with van der Waals surface area (Å²) in [6, 6.07) is 23.9. The lowest BCUT2D eigenvalue weighted by molar-refractivity contribution is -0.128. The van der Waals surface area contributed by atoms with Crippen molar-refractivity contribution in [3.05, 3.63) is 95.7 Å². The molecule has 1 unspecified atom stereocenters. The summed E-state index contributed by atoms with van der Waals surface area (Å²) in [6.07, 6.45) is 2.34. The highest BCUT2D eigenvalue weighted by atomic mass is 16.2. The number of imide groups is 1. The predicted octanol–water partition coefficient (Wildman–Crippen LogP) is 4.93. The summed E-state index contributed by atoms with van der Waals surface area (Å²) < 4.78 is 0. The summed E-state index contributed by atoms with van der Waals surface area (Å²) in [5.74, 6) is -0.219. The fourth-order valence-electron chi connectivity index (χ4n) is 4.45. The molecule has 0 radical (unpaired) electrons. The number of carbonyl (C=O) groups is 2. The summed E-state index contributed by atoms with van der Waals surface area (Å²) in [6.45, 7) is 1.86. The molecule has 1 aliphatic rings. The molecule has 0 bridgehead atoms. The molecule has 5 rings (SSSR count). The summed E-state index contributed by atoms with van der Waals surface area (Å²) in [5, 5.41) is 13.0. The van der Waals surface area contributed by atoms with E-state index in [-0.39, 0.29) is 11.9 Å². The van der Waals surface area contributed by atoms with E-state index in [1.807, 2.05) is 79.9 Å². The number of benzene rings is 3. The quantitative estimate of drug-likeness (QED) is 0.437. The minimum Gasteiger partial charge on any atom is -0.361 e. The monoisotopic (exact) mass is 434 g/mol. The van der Waals surface area contributed by atoms with Gasteiger partial charge in [-0.3, -0.25) is 9.69 Å². The van der Waals surface area contributed by atoms with E-state index in [9.17, 15) is 9.59 Å². The van der Waals surface area contributed by atoms with E-state index >= 15 is 0 Å². The van der Waals surface area contributed by atoms with Crippen LogP contribution in [0.15, 0.2) is 79.0 Å². The number of amides is 3. The number of carbonyl (C=O) groups excluding carboxylic acids is 2. The molecule has 2 atom stereocenters. The third-order valence-corrected chi connectivity index (χ3v) is 6.26. The van der Waals surface area contributed by atoms with Gasteiger partial charge in [0.05, 0.1) is 17.7 Å². The number of hydrogen-bond acceptors (Lipinski definition) is 3. The number of nitrogens with one attached hydrogen (secondary N) is 2. The SMILES string of the molecule is CC(c1ccc(-c2cccc(C#N)c2)cc1)N1C(=O)N[C@H](Cc2c[nH]c3ccccc23)C1=O. The smallest absolute Gasteiger partial charge is 0.325 e. The Kier molecular flexibility index (Phi) is 5.15. The molecule has 162 valence electrons. The number of fused-ring (bicyclic) bond motifs is 1. The average Bonchev–Trinajstić information content (AvgIpc) is 3.39.